The molecule has 19 heavy (non-hydrogen) atoms. The van der Waals surface area contributed by atoms with Gasteiger partial charge < -0.3 is 10.2 Å². The summed E-state index contributed by atoms with van der Waals surface area (Å²) in [5.41, 5.74) is 1.18. The molecule has 1 atom stereocenters. The standard InChI is InChI=1S/C14H17NO4/c16-13(17)11-4-1-3-10(7-11)8-15-6-2-5-12(9-15)14(18)19/h1,3-4,7,12H,2,5-6,8-9H2,(H,16,17)(H,18,19). The minimum Gasteiger partial charge on any atom is -0.481 e. The van der Waals surface area contributed by atoms with Crippen molar-refractivity contribution in [2.24, 2.45) is 5.92 Å². The van der Waals surface area contributed by atoms with Crippen LogP contribution >= 0.6 is 0 Å². The van der Waals surface area contributed by atoms with Gasteiger partial charge in [0.15, 0.2) is 0 Å². The van der Waals surface area contributed by atoms with Crippen LogP contribution in [0.5, 0.6) is 0 Å². The van der Waals surface area contributed by atoms with Crippen LogP contribution in [-0.2, 0) is 11.3 Å². The van der Waals surface area contributed by atoms with E-state index >= 15 is 0 Å². The summed E-state index contributed by atoms with van der Waals surface area (Å²) in [5.74, 6) is -2.00. The van der Waals surface area contributed by atoms with Crippen molar-refractivity contribution in [3.05, 3.63) is 35.4 Å². The molecule has 1 heterocycles. The number of benzene rings is 1. The number of carboxylic acids is 2. The van der Waals surface area contributed by atoms with Gasteiger partial charge in [-0.05, 0) is 37.1 Å². The van der Waals surface area contributed by atoms with Gasteiger partial charge in [0.05, 0.1) is 11.5 Å². The van der Waals surface area contributed by atoms with E-state index in [1.807, 2.05) is 6.07 Å². The highest BCUT2D eigenvalue weighted by molar-refractivity contribution is 5.87. The van der Waals surface area contributed by atoms with Crippen molar-refractivity contribution < 1.29 is 19.8 Å². The number of carbonyl (C=O) groups is 2. The number of aliphatic carboxylic acids is 1. The van der Waals surface area contributed by atoms with Crippen LogP contribution in [0.25, 0.3) is 0 Å². The molecule has 0 aromatic heterocycles. The van der Waals surface area contributed by atoms with Crippen molar-refractivity contribution in [1.82, 2.24) is 4.90 Å². The minimum absolute atomic E-state index is 0.268. The van der Waals surface area contributed by atoms with Crippen molar-refractivity contribution >= 4 is 11.9 Å². The van der Waals surface area contributed by atoms with E-state index in [-0.39, 0.29) is 11.5 Å². The van der Waals surface area contributed by atoms with Crippen LogP contribution in [0.15, 0.2) is 24.3 Å². The van der Waals surface area contributed by atoms with Gasteiger partial charge in [-0.25, -0.2) is 4.79 Å². The fourth-order valence-electron chi connectivity index (χ4n) is 2.46. The fraction of sp³-hybridized carbons (Fsp3) is 0.429. The second kappa shape index (κ2) is 5.84. The van der Waals surface area contributed by atoms with Crippen LogP contribution in [0, 0.1) is 5.92 Å². The minimum atomic E-state index is -0.941. The molecule has 2 rings (SSSR count). The average Bonchev–Trinajstić information content (AvgIpc) is 2.39. The van der Waals surface area contributed by atoms with E-state index in [0.717, 1.165) is 24.9 Å². The number of piperidine rings is 1. The number of hydrogen-bond donors (Lipinski definition) is 2. The molecule has 0 bridgehead atoms. The van der Waals surface area contributed by atoms with Gasteiger partial charge in [0.1, 0.15) is 0 Å². The first-order valence-corrected chi connectivity index (χ1v) is 6.33. The number of hydrogen-bond acceptors (Lipinski definition) is 3. The predicted octanol–water partition coefficient (Wildman–Crippen LogP) is 1.68. The lowest BCUT2D eigenvalue weighted by molar-refractivity contribution is -0.143. The molecule has 0 amide bonds. The number of nitrogens with zero attached hydrogens (tertiary/aromatic N) is 1. The van der Waals surface area contributed by atoms with E-state index in [1.165, 1.54) is 0 Å². The van der Waals surface area contributed by atoms with Gasteiger partial charge in [-0.3, -0.25) is 9.69 Å². The molecule has 1 fully saturated rings. The molecule has 0 radical (unpaired) electrons. The van der Waals surface area contributed by atoms with E-state index in [2.05, 4.69) is 4.90 Å². The largest absolute Gasteiger partial charge is 0.481 e. The number of likely N-dealkylation sites (tertiary alicyclic amines) is 1. The van der Waals surface area contributed by atoms with E-state index in [9.17, 15) is 9.59 Å². The fourth-order valence-corrected chi connectivity index (χ4v) is 2.46. The Balaban J connectivity index is 2.02. The van der Waals surface area contributed by atoms with Crippen molar-refractivity contribution in [3.63, 3.8) is 0 Å². The number of carboxylic acid groups (broad SMARTS) is 2. The van der Waals surface area contributed by atoms with E-state index in [0.29, 0.717) is 13.1 Å². The Kier molecular flexibility index (Phi) is 4.16. The summed E-state index contributed by atoms with van der Waals surface area (Å²) in [7, 11) is 0. The Morgan fingerprint density at radius 1 is 1.32 bits per heavy atom. The molecule has 5 heteroatoms. The molecule has 0 spiro atoms. The summed E-state index contributed by atoms with van der Waals surface area (Å²) in [4.78, 5) is 24.0. The summed E-state index contributed by atoms with van der Waals surface area (Å²) in [6.45, 7) is 2.00. The van der Waals surface area contributed by atoms with Crippen molar-refractivity contribution in [2.75, 3.05) is 13.1 Å². The molecule has 102 valence electrons. The molecule has 1 aliphatic heterocycles. The topological polar surface area (TPSA) is 77.8 Å². The van der Waals surface area contributed by atoms with Gasteiger partial charge in [0.2, 0.25) is 0 Å². The maximum Gasteiger partial charge on any atom is 0.335 e. The second-order valence-electron chi connectivity index (χ2n) is 4.92. The Labute approximate surface area is 111 Å². The summed E-state index contributed by atoms with van der Waals surface area (Å²) in [6, 6.07) is 6.79. The van der Waals surface area contributed by atoms with Crippen LogP contribution < -0.4 is 0 Å². The Morgan fingerprint density at radius 3 is 2.79 bits per heavy atom. The van der Waals surface area contributed by atoms with Gasteiger partial charge in [0.25, 0.3) is 0 Å². The highest BCUT2D eigenvalue weighted by Gasteiger charge is 2.25. The van der Waals surface area contributed by atoms with Gasteiger partial charge in [-0.2, -0.15) is 0 Å². The lowest BCUT2D eigenvalue weighted by Crippen LogP contribution is -2.38. The second-order valence-corrected chi connectivity index (χ2v) is 4.92. The first-order chi connectivity index (χ1) is 9.06. The maximum absolute atomic E-state index is 11.0. The highest BCUT2D eigenvalue weighted by atomic mass is 16.4. The van der Waals surface area contributed by atoms with Crippen LogP contribution in [0.1, 0.15) is 28.8 Å². The molecule has 1 saturated heterocycles. The first kappa shape index (κ1) is 13.5. The molecule has 0 aliphatic carbocycles. The predicted molar refractivity (Wildman–Crippen MR) is 69.0 cm³/mol. The van der Waals surface area contributed by atoms with Crippen molar-refractivity contribution in [3.8, 4) is 0 Å². The molecule has 1 aliphatic rings. The zero-order valence-corrected chi connectivity index (χ0v) is 10.6. The van der Waals surface area contributed by atoms with Crippen LogP contribution in [0.3, 0.4) is 0 Å². The van der Waals surface area contributed by atoms with Crippen LogP contribution in [-0.4, -0.2) is 40.1 Å². The lowest BCUT2D eigenvalue weighted by Gasteiger charge is -2.30. The van der Waals surface area contributed by atoms with Gasteiger partial charge in [0, 0.05) is 13.1 Å². The van der Waals surface area contributed by atoms with Gasteiger partial charge in [-0.1, -0.05) is 12.1 Å². The summed E-state index contributed by atoms with van der Waals surface area (Å²) < 4.78 is 0. The Hall–Kier alpha value is -1.88. The molecular formula is C14H17NO4. The molecule has 5 nitrogen and oxygen atoms in total. The van der Waals surface area contributed by atoms with Gasteiger partial charge >= 0.3 is 11.9 Å². The zero-order chi connectivity index (χ0) is 13.8. The summed E-state index contributed by atoms with van der Waals surface area (Å²) in [5, 5.41) is 18.0. The van der Waals surface area contributed by atoms with Gasteiger partial charge in [-0.15, -0.1) is 0 Å². The molecule has 1 aromatic rings. The van der Waals surface area contributed by atoms with E-state index < -0.39 is 11.9 Å². The molecule has 0 saturated carbocycles. The van der Waals surface area contributed by atoms with Crippen molar-refractivity contribution in [2.45, 2.75) is 19.4 Å². The van der Waals surface area contributed by atoms with Crippen LogP contribution in [0.4, 0.5) is 0 Å². The van der Waals surface area contributed by atoms with Crippen LogP contribution in [0.2, 0.25) is 0 Å². The summed E-state index contributed by atoms with van der Waals surface area (Å²) in [6.07, 6.45) is 1.59. The van der Waals surface area contributed by atoms with Crippen molar-refractivity contribution in [1.29, 1.82) is 0 Å². The monoisotopic (exact) mass is 263 g/mol. The normalized spacial score (nSPS) is 20.1. The first-order valence-electron chi connectivity index (χ1n) is 6.33. The number of aromatic carboxylic acids is 1. The third kappa shape index (κ3) is 3.54. The Morgan fingerprint density at radius 2 is 2.11 bits per heavy atom. The summed E-state index contributed by atoms with van der Waals surface area (Å²) >= 11 is 0. The molecule has 2 N–H and O–H groups in total. The van der Waals surface area contributed by atoms with E-state index in [1.54, 1.807) is 18.2 Å². The SMILES string of the molecule is O=C(O)c1cccc(CN2CCCC(C(=O)O)C2)c1. The average molecular weight is 263 g/mol. The third-order valence-electron chi connectivity index (χ3n) is 3.43. The molecule has 1 unspecified atom stereocenters. The highest BCUT2D eigenvalue weighted by Crippen LogP contribution is 2.19. The molecular weight excluding hydrogens is 246 g/mol. The lowest BCUT2D eigenvalue weighted by atomic mass is 9.97. The zero-order valence-electron chi connectivity index (χ0n) is 10.6. The number of rotatable bonds is 4. The quantitative estimate of drug-likeness (QED) is 0.864. The maximum atomic E-state index is 11.0. The van der Waals surface area contributed by atoms with E-state index in [4.69, 9.17) is 10.2 Å². The smallest absolute Gasteiger partial charge is 0.335 e. The Bertz CT molecular complexity index is 486. The third-order valence-corrected chi connectivity index (χ3v) is 3.43. The molecule has 1 aromatic carbocycles.